The van der Waals surface area contributed by atoms with Gasteiger partial charge in [-0.1, -0.05) is 6.07 Å². The van der Waals surface area contributed by atoms with E-state index in [0.717, 1.165) is 0 Å². The number of amides is 2. The van der Waals surface area contributed by atoms with Crippen LogP contribution in [0.1, 0.15) is 6.92 Å². The summed E-state index contributed by atoms with van der Waals surface area (Å²) in [4.78, 5) is 22.4. The fourth-order valence-corrected chi connectivity index (χ4v) is 3.38. The number of rotatable bonds is 4. The number of sulfonamides is 1. The van der Waals surface area contributed by atoms with Gasteiger partial charge >= 0.3 is 0 Å². The number of benzene rings is 2. The zero-order chi connectivity index (χ0) is 18.0. The first-order valence-electron chi connectivity index (χ1n) is 7.31. The van der Waals surface area contributed by atoms with Crippen molar-refractivity contribution in [2.45, 2.75) is 11.8 Å². The summed E-state index contributed by atoms with van der Waals surface area (Å²) in [5.74, 6) is -0.287. The number of anilines is 3. The second-order valence-corrected chi connectivity index (χ2v) is 7.01. The Balaban J connectivity index is 1.86. The van der Waals surface area contributed by atoms with Gasteiger partial charge in [0.1, 0.15) is 0 Å². The molecule has 2 aromatic carbocycles. The lowest BCUT2D eigenvalue weighted by Gasteiger charge is -2.21. The van der Waals surface area contributed by atoms with Crippen molar-refractivity contribution < 1.29 is 22.7 Å². The van der Waals surface area contributed by atoms with E-state index >= 15 is 0 Å². The number of para-hydroxylation sites is 1. The van der Waals surface area contributed by atoms with Crippen LogP contribution in [0, 0.1) is 0 Å². The highest BCUT2D eigenvalue weighted by atomic mass is 32.2. The van der Waals surface area contributed by atoms with Crippen molar-refractivity contribution in [1.82, 2.24) is 0 Å². The highest BCUT2D eigenvalue weighted by Crippen LogP contribution is 2.36. The first-order valence-corrected chi connectivity index (χ1v) is 8.79. The van der Waals surface area contributed by atoms with Gasteiger partial charge in [-0.2, -0.15) is 0 Å². The molecule has 2 amide bonds. The summed E-state index contributed by atoms with van der Waals surface area (Å²) < 4.78 is 32.9. The third-order valence-corrected chi connectivity index (χ3v) is 4.75. The summed E-state index contributed by atoms with van der Waals surface area (Å²) in [6.07, 6.45) is 0. The Morgan fingerprint density at radius 1 is 1.16 bits per heavy atom. The van der Waals surface area contributed by atoms with Gasteiger partial charge in [0.05, 0.1) is 16.3 Å². The molecule has 1 aliphatic rings. The number of ether oxygens (including phenoxy) is 1. The topological polar surface area (TPSA) is 114 Å². The van der Waals surface area contributed by atoms with Crippen LogP contribution in [0.15, 0.2) is 47.4 Å². The van der Waals surface area contributed by atoms with E-state index in [9.17, 15) is 18.0 Å². The lowest BCUT2D eigenvalue weighted by Crippen LogP contribution is -2.26. The van der Waals surface area contributed by atoms with Crippen LogP contribution in [-0.2, 0) is 19.6 Å². The van der Waals surface area contributed by atoms with Crippen LogP contribution in [0.2, 0.25) is 0 Å². The molecule has 1 heterocycles. The average molecular weight is 361 g/mol. The molecule has 0 spiro atoms. The summed E-state index contributed by atoms with van der Waals surface area (Å²) in [5, 5.41) is 5.18. The van der Waals surface area contributed by atoms with Crippen molar-refractivity contribution in [3.8, 4) is 5.75 Å². The molecule has 25 heavy (non-hydrogen) atoms. The van der Waals surface area contributed by atoms with E-state index in [4.69, 9.17) is 4.74 Å². The van der Waals surface area contributed by atoms with Crippen molar-refractivity contribution in [2.75, 3.05) is 22.0 Å². The molecule has 9 heteroatoms. The van der Waals surface area contributed by atoms with Crippen molar-refractivity contribution in [3.63, 3.8) is 0 Å². The van der Waals surface area contributed by atoms with E-state index in [1.165, 1.54) is 31.2 Å². The third kappa shape index (κ3) is 3.72. The number of hydrogen-bond acceptors (Lipinski definition) is 5. The molecule has 1 aliphatic heterocycles. The van der Waals surface area contributed by atoms with Gasteiger partial charge in [0.15, 0.2) is 12.4 Å². The molecule has 3 N–H and O–H groups in total. The molecule has 2 aromatic rings. The lowest BCUT2D eigenvalue weighted by atomic mass is 10.2. The zero-order valence-corrected chi connectivity index (χ0v) is 14.0. The first kappa shape index (κ1) is 16.8. The lowest BCUT2D eigenvalue weighted by molar-refractivity contribution is -0.118. The molecular weight excluding hydrogens is 346 g/mol. The maximum absolute atomic E-state index is 12.5. The Hall–Kier alpha value is -3.07. The number of carbonyl (C=O) groups excluding carboxylic acids is 2. The molecule has 8 nitrogen and oxygen atoms in total. The van der Waals surface area contributed by atoms with Gasteiger partial charge in [0.25, 0.3) is 15.9 Å². The van der Waals surface area contributed by atoms with E-state index < -0.39 is 10.0 Å². The van der Waals surface area contributed by atoms with Crippen LogP contribution in [-0.4, -0.2) is 26.8 Å². The van der Waals surface area contributed by atoms with E-state index in [0.29, 0.717) is 11.4 Å². The van der Waals surface area contributed by atoms with Crippen LogP contribution in [0.25, 0.3) is 0 Å². The number of hydrogen-bond donors (Lipinski definition) is 3. The molecule has 0 fully saturated rings. The smallest absolute Gasteiger partial charge is 0.262 e. The molecule has 130 valence electrons. The molecule has 0 aliphatic carbocycles. The summed E-state index contributed by atoms with van der Waals surface area (Å²) >= 11 is 0. The molecule has 0 atom stereocenters. The Morgan fingerprint density at radius 2 is 1.88 bits per heavy atom. The van der Waals surface area contributed by atoms with Gasteiger partial charge in [-0.05, 0) is 36.4 Å². The minimum Gasteiger partial charge on any atom is -0.479 e. The maximum Gasteiger partial charge on any atom is 0.262 e. The van der Waals surface area contributed by atoms with Crippen molar-refractivity contribution in [3.05, 3.63) is 42.5 Å². The molecule has 3 rings (SSSR count). The number of nitrogens with one attached hydrogen (secondary N) is 3. The predicted octanol–water partition coefficient (Wildman–Crippen LogP) is 1.78. The highest BCUT2D eigenvalue weighted by molar-refractivity contribution is 7.92. The van der Waals surface area contributed by atoms with E-state index in [1.54, 1.807) is 18.2 Å². The second-order valence-electron chi connectivity index (χ2n) is 5.33. The molecule has 0 bridgehead atoms. The standard InChI is InChI=1S/C16H15N3O5S/c1-10(20)17-11-5-7-12(8-6-11)25(22,23)19-14-4-2-3-13-16(14)24-9-15(21)18-13/h2-8,19H,9H2,1H3,(H,17,20)(H,18,21). The number of fused-ring (bicyclic) bond motifs is 1. The average Bonchev–Trinajstić information content (AvgIpc) is 2.54. The van der Waals surface area contributed by atoms with Gasteiger partial charge in [0.2, 0.25) is 5.91 Å². The van der Waals surface area contributed by atoms with E-state index in [-0.39, 0.29) is 34.8 Å². The van der Waals surface area contributed by atoms with Crippen molar-refractivity contribution in [1.29, 1.82) is 0 Å². The Labute approximate surface area is 144 Å². The van der Waals surface area contributed by atoms with Crippen LogP contribution < -0.4 is 20.1 Å². The normalized spacial score (nSPS) is 13.2. The molecular formula is C16H15N3O5S. The Bertz CT molecular complexity index is 939. The summed E-state index contributed by atoms with van der Waals surface area (Å²) in [6.45, 7) is 1.18. The molecule has 0 saturated heterocycles. The van der Waals surface area contributed by atoms with E-state index in [2.05, 4.69) is 15.4 Å². The predicted molar refractivity (Wildman–Crippen MR) is 92.1 cm³/mol. The highest BCUT2D eigenvalue weighted by Gasteiger charge is 2.22. The van der Waals surface area contributed by atoms with E-state index in [1.807, 2.05) is 0 Å². The van der Waals surface area contributed by atoms with Gasteiger partial charge in [-0.3, -0.25) is 14.3 Å². The van der Waals surface area contributed by atoms with Gasteiger partial charge in [0, 0.05) is 12.6 Å². The Morgan fingerprint density at radius 3 is 2.56 bits per heavy atom. The minimum atomic E-state index is -3.86. The summed E-state index contributed by atoms with van der Waals surface area (Å²) in [6, 6.07) is 10.5. The molecule has 0 radical (unpaired) electrons. The molecule has 0 saturated carbocycles. The minimum absolute atomic E-state index is 0.0269. The molecule has 0 unspecified atom stereocenters. The van der Waals surface area contributed by atoms with Gasteiger partial charge in [-0.25, -0.2) is 8.42 Å². The SMILES string of the molecule is CC(=O)Nc1ccc(S(=O)(=O)Nc2cccc3c2OCC(=O)N3)cc1. The number of carbonyl (C=O) groups is 2. The largest absolute Gasteiger partial charge is 0.479 e. The van der Waals surface area contributed by atoms with Crippen LogP contribution in [0.3, 0.4) is 0 Å². The monoisotopic (exact) mass is 361 g/mol. The van der Waals surface area contributed by atoms with Crippen LogP contribution in [0.5, 0.6) is 5.75 Å². The Kier molecular flexibility index (Phi) is 4.32. The third-order valence-electron chi connectivity index (χ3n) is 3.37. The first-order chi connectivity index (χ1) is 11.8. The quantitative estimate of drug-likeness (QED) is 0.768. The zero-order valence-electron chi connectivity index (χ0n) is 13.2. The molecule has 0 aromatic heterocycles. The summed E-state index contributed by atoms with van der Waals surface area (Å²) in [7, 11) is -3.86. The van der Waals surface area contributed by atoms with Crippen molar-refractivity contribution in [2.24, 2.45) is 0 Å². The fraction of sp³-hybridized carbons (Fsp3) is 0.125. The van der Waals surface area contributed by atoms with Crippen LogP contribution in [0.4, 0.5) is 17.1 Å². The fourth-order valence-electron chi connectivity index (χ4n) is 2.32. The summed E-state index contributed by atoms with van der Waals surface area (Å²) in [5.41, 5.74) is 1.12. The van der Waals surface area contributed by atoms with Crippen LogP contribution >= 0.6 is 0 Å². The van der Waals surface area contributed by atoms with Crippen molar-refractivity contribution >= 4 is 38.9 Å². The maximum atomic E-state index is 12.5. The van der Waals surface area contributed by atoms with Gasteiger partial charge < -0.3 is 15.4 Å². The van der Waals surface area contributed by atoms with Gasteiger partial charge in [-0.15, -0.1) is 0 Å². The second kappa shape index (κ2) is 6.44.